The molecule has 5 nitrogen and oxygen atoms in total. The molecule has 0 saturated carbocycles. The van der Waals surface area contributed by atoms with Crippen LogP contribution in [-0.2, 0) is 27.7 Å². The molecule has 2 aromatic carbocycles. The lowest BCUT2D eigenvalue weighted by Gasteiger charge is -2.30. The average Bonchev–Trinajstić information content (AvgIpc) is 3.18. The molecule has 0 fully saturated rings. The van der Waals surface area contributed by atoms with Crippen LogP contribution in [0.5, 0.6) is 0 Å². The van der Waals surface area contributed by atoms with Crippen LogP contribution in [0.25, 0.3) is 0 Å². The Bertz CT molecular complexity index is 1050. The minimum Gasteiger partial charge on any atom is -0.310 e. The van der Waals surface area contributed by atoms with Gasteiger partial charge < -0.3 is 4.90 Å². The van der Waals surface area contributed by atoms with Gasteiger partial charge >= 0.3 is 0 Å². The van der Waals surface area contributed by atoms with Gasteiger partial charge in [0.15, 0.2) is 0 Å². The van der Waals surface area contributed by atoms with Crippen molar-refractivity contribution >= 4 is 39.1 Å². The molecule has 0 aliphatic carbocycles. The molecule has 5 rings (SSSR count). The molecule has 2 aromatic rings. The minimum atomic E-state index is -3.69. The number of benzene rings is 2. The molecular weight excluding hydrogens is 368 g/mol. The summed E-state index contributed by atoms with van der Waals surface area (Å²) in [6.07, 6.45) is 0.884. The number of amides is 1. The summed E-state index contributed by atoms with van der Waals surface area (Å²) >= 11 is 1.71. The number of thioether (sulfide) groups is 1. The lowest BCUT2D eigenvalue weighted by Crippen LogP contribution is -2.35. The second-order valence-corrected chi connectivity index (χ2v) is 10.3. The van der Waals surface area contributed by atoms with E-state index in [2.05, 4.69) is 6.92 Å². The maximum absolute atomic E-state index is 13.4. The van der Waals surface area contributed by atoms with E-state index < -0.39 is 10.0 Å². The summed E-state index contributed by atoms with van der Waals surface area (Å²) < 4.78 is 28.4. The Morgan fingerprint density at radius 3 is 2.81 bits per heavy atom. The van der Waals surface area contributed by atoms with Gasteiger partial charge in [-0.25, -0.2) is 8.42 Å². The molecule has 26 heavy (non-hydrogen) atoms. The number of rotatable bonds is 2. The molecule has 1 unspecified atom stereocenters. The van der Waals surface area contributed by atoms with Gasteiger partial charge in [-0.05, 0) is 30.2 Å². The van der Waals surface area contributed by atoms with E-state index in [1.54, 1.807) is 22.7 Å². The molecule has 7 heteroatoms. The summed E-state index contributed by atoms with van der Waals surface area (Å²) in [5, 5.41) is 0.310. The topological polar surface area (TPSA) is 57.7 Å². The first kappa shape index (κ1) is 16.2. The molecule has 0 bridgehead atoms. The average molecular weight is 386 g/mol. The fourth-order valence-electron chi connectivity index (χ4n) is 4.15. The van der Waals surface area contributed by atoms with E-state index in [1.807, 2.05) is 30.3 Å². The Morgan fingerprint density at radius 1 is 1.15 bits per heavy atom. The number of carbonyl (C=O) groups excluding carboxylic acids is 1. The van der Waals surface area contributed by atoms with E-state index >= 15 is 0 Å². The maximum Gasteiger partial charge on any atom is 0.264 e. The molecule has 3 aliphatic heterocycles. The standard InChI is InChI=1S/C19H18N2O3S2/c1-12-11-20-18(22)10-14-17(7-6-16(25-12)19(14)20)26(23,24)21-9-8-13-4-2-3-5-15(13)21/h2-7,12H,8-11H2,1H3. The van der Waals surface area contributed by atoms with Gasteiger partial charge in [0.25, 0.3) is 10.0 Å². The third-order valence-electron chi connectivity index (χ3n) is 5.28. The zero-order chi connectivity index (χ0) is 18.1. The summed E-state index contributed by atoms with van der Waals surface area (Å²) in [6.45, 7) is 3.17. The van der Waals surface area contributed by atoms with Crippen LogP contribution in [0.15, 0.2) is 46.2 Å². The smallest absolute Gasteiger partial charge is 0.264 e. The molecule has 1 amide bonds. The van der Waals surface area contributed by atoms with Crippen LogP contribution in [0.1, 0.15) is 18.1 Å². The minimum absolute atomic E-state index is 0.00197. The first-order valence-electron chi connectivity index (χ1n) is 8.70. The van der Waals surface area contributed by atoms with Crippen LogP contribution in [0.4, 0.5) is 11.4 Å². The van der Waals surface area contributed by atoms with Crippen molar-refractivity contribution in [3.63, 3.8) is 0 Å². The van der Waals surface area contributed by atoms with Crippen LogP contribution in [0, 0.1) is 0 Å². The summed E-state index contributed by atoms with van der Waals surface area (Å²) in [5.74, 6) is -0.00197. The number of hydrogen-bond donors (Lipinski definition) is 0. The van der Waals surface area contributed by atoms with Gasteiger partial charge in [0.2, 0.25) is 5.91 Å². The highest BCUT2D eigenvalue weighted by Gasteiger charge is 2.40. The van der Waals surface area contributed by atoms with Gasteiger partial charge in [-0.2, -0.15) is 0 Å². The number of anilines is 2. The van der Waals surface area contributed by atoms with Crippen LogP contribution in [-0.4, -0.2) is 32.7 Å². The van der Waals surface area contributed by atoms with Crippen LogP contribution < -0.4 is 9.21 Å². The van der Waals surface area contributed by atoms with E-state index in [1.165, 1.54) is 4.31 Å². The Hall–Kier alpha value is -1.99. The molecule has 0 spiro atoms. The molecular formula is C19H18N2O3S2. The van der Waals surface area contributed by atoms with E-state index in [9.17, 15) is 13.2 Å². The Kier molecular flexibility index (Phi) is 3.43. The number of fused-ring (bicyclic) bond motifs is 1. The number of sulfonamides is 1. The van der Waals surface area contributed by atoms with E-state index in [-0.39, 0.29) is 17.2 Å². The van der Waals surface area contributed by atoms with Crippen molar-refractivity contribution in [1.82, 2.24) is 0 Å². The summed E-state index contributed by atoms with van der Waals surface area (Å²) in [7, 11) is -3.69. The van der Waals surface area contributed by atoms with Crippen molar-refractivity contribution in [2.45, 2.75) is 34.8 Å². The zero-order valence-electron chi connectivity index (χ0n) is 14.3. The molecule has 1 atom stereocenters. The largest absolute Gasteiger partial charge is 0.310 e. The number of nitrogens with zero attached hydrogens (tertiary/aromatic N) is 2. The molecule has 0 aromatic heterocycles. The predicted octanol–water partition coefficient (Wildman–Crippen LogP) is 2.82. The van der Waals surface area contributed by atoms with Gasteiger partial charge in [-0.3, -0.25) is 9.10 Å². The van der Waals surface area contributed by atoms with Crippen LogP contribution in [0.3, 0.4) is 0 Å². The van der Waals surface area contributed by atoms with Crippen molar-refractivity contribution in [3.8, 4) is 0 Å². The number of para-hydroxylation sites is 1. The molecule has 3 heterocycles. The Morgan fingerprint density at radius 2 is 1.96 bits per heavy atom. The summed E-state index contributed by atoms with van der Waals surface area (Å²) in [5.41, 5.74) is 3.28. The van der Waals surface area contributed by atoms with Gasteiger partial charge in [0, 0.05) is 28.8 Å². The van der Waals surface area contributed by atoms with Crippen molar-refractivity contribution in [2.24, 2.45) is 0 Å². The van der Waals surface area contributed by atoms with Crippen LogP contribution >= 0.6 is 11.8 Å². The molecule has 0 saturated heterocycles. The highest BCUT2D eigenvalue weighted by molar-refractivity contribution is 8.00. The van der Waals surface area contributed by atoms with Gasteiger partial charge in [-0.15, -0.1) is 11.8 Å². The predicted molar refractivity (Wildman–Crippen MR) is 102 cm³/mol. The quantitative estimate of drug-likeness (QED) is 0.796. The van der Waals surface area contributed by atoms with Gasteiger partial charge in [0.1, 0.15) is 0 Å². The van der Waals surface area contributed by atoms with Gasteiger partial charge in [0.05, 0.1) is 22.7 Å². The number of carbonyl (C=O) groups is 1. The molecule has 3 aliphatic rings. The normalized spacial score (nSPS) is 21.1. The third kappa shape index (κ3) is 2.16. The summed E-state index contributed by atoms with van der Waals surface area (Å²) in [4.78, 5) is 15.5. The van der Waals surface area contributed by atoms with Crippen molar-refractivity contribution in [2.75, 3.05) is 22.3 Å². The maximum atomic E-state index is 13.4. The van der Waals surface area contributed by atoms with Crippen LogP contribution in [0.2, 0.25) is 0 Å². The zero-order valence-corrected chi connectivity index (χ0v) is 15.9. The lowest BCUT2D eigenvalue weighted by atomic mass is 10.1. The van der Waals surface area contributed by atoms with E-state index in [0.29, 0.717) is 30.3 Å². The first-order valence-corrected chi connectivity index (χ1v) is 11.0. The van der Waals surface area contributed by atoms with Crippen molar-refractivity contribution < 1.29 is 13.2 Å². The Labute approximate surface area is 157 Å². The van der Waals surface area contributed by atoms with Crippen molar-refractivity contribution in [1.29, 1.82) is 0 Å². The SMILES string of the molecule is CC1CN2C(=O)Cc3c(S(=O)(=O)N4CCc5ccccc54)ccc(c32)S1. The third-order valence-corrected chi connectivity index (χ3v) is 8.31. The van der Waals surface area contributed by atoms with Gasteiger partial charge in [-0.1, -0.05) is 25.1 Å². The van der Waals surface area contributed by atoms with E-state index in [0.717, 1.165) is 21.8 Å². The molecule has 134 valence electrons. The van der Waals surface area contributed by atoms with Crippen molar-refractivity contribution in [3.05, 3.63) is 47.5 Å². The van der Waals surface area contributed by atoms with E-state index in [4.69, 9.17) is 0 Å². The second kappa shape index (κ2) is 5.50. The lowest BCUT2D eigenvalue weighted by molar-refractivity contribution is -0.117. The summed E-state index contributed by atoms with van der Waals surface area (Å²) in [6, 6.07) is 11.2. The first-order chi connectivity index (χ1) is 12.5. The number of hydrogen-bond acceptors (Lipinski definition) is 4. The monoisotopic (exact) mass is 386 g/mol. The fourth-order valence-corrected chi connectivity index (χ4v) is 7.03. The molecule has 0 radical (unpaired) electrons. The Balaban J connectivity index is 1.66. The fraction of sp³-hybridized carbons (Fsp3) is 0.316. The highest BCUT2D eigenvalue weighted by atomic mass is 32.2. The molecule has 0 N–H and O–H groups in total. The highest BCUT2D eigenvalue weighted by Crippen LogP contribution is 2.47. The second-order valence-electron chi connectivity index (χ2n) is 6.95.